The largest absolute Gasteiger partial charge is 0.490 e. The molecule has 0 aliphatic heterocycles. The lowest BCUT2D eigenvalue weighted by Gasteiger charge is -2.15. The first-order chi connectivity index (χ1) is 21.2. The van der Waals surface area contributed by atoms with Crippen molar-refractivity contribution in [1.29, 1.82) is 0 Å². The van der Waals surface area contributed by atoms with Crippen molar-refractivity contribution < 1.29 is 29.2 Å². The monoisotopic (exact) mass is 604 g/mol. The number of hydrogen-bond donors (Lipinski definition) is 1. The molecule has 12 heteroatoms. The number of fused-ring (bicyclic) bond motifs is 1. The summed E-state index contributed by atoms with van der Waals surface area (Å²) < 4.78 is 47.9. The van der Waals surface area contributed by atoms with Crippen LogP contribution < -0.4 is 30.8 Å². The fraction of sp³-hybridized carbons (Fsp3) is 0.188. The van der Waals surface area contributed by atoms with Gasteiger partial charge in [0.2, 0.25) is 0 Å². The first kappa shape index (κ1) is 30.0. The van der Waals surface area contributed by atoms with Gasteiger partial charge in [0.05, 0.1) is 24.4 Å². The van der Waals surface area contributed by atoms with Crippen LogP contribution in [0.4, 0.5) is 14.5 Å². The molecule has 0 spiro atoms. The molecule has 10 nitrogen and oxygen atoms in total. The van der Waals surface area contributed by atoms with Gasteiger partial charge in [-0.25, -0.2) is 18.1 Å². The fourth-order valence-corrected chi connectivity index (χ4v) is 4.53. The van der Waals surface area contributed by atoms with Gasteiger partial charge < -0.3 is 19.5 Å². The van der Waals surface area contributed by atoms with Crippen molar-refractivity contribution in [2.45, 2.75) is 27.3 Å². The number of rotatable bonds is 10. The summed E-state index contributed by atoms with van der Waals surface area (Å²) in [6, 6.07) is 13.5. The highest BCUT2D eigenvalue weighted by atomic mass is 19.1. The predicted octanol–water partition coefficient (Wildman–Crippen LogP) is 5.93. The highest BCUT2D eigenvalue weighted by Gasteiger charge is 2.20. The van der Waals surface area contributed by atoms with Crippen molar-refractivity contribution in [1.82, 2.24) is 14.1 Å². The van der Waals surface area contributed by atoms with Gasteiger partial charge in [-0.05, 0) is 69.3 Å². The molecule has 3 aromatic carbocycles. The lowest BCUT2D eigenvalue weighted by atomic mass is 10.1. The van der Waals surface area contributed by atoms with Crippen molar-refractivity contribution in [2.24, 2.45) is 0 Å². The summed E-state index contributed by atoms with van der Waals surface area (Å²) in [5.74, 6) is -0.995. The third-order valence-electron chi connectivity index (χ3n) is 6.60. The Hall–Kier alpha value is -5.52. The lowest BCUT2D eigenvalue weighted by molar-refractivity contribution is 0.102. The maximum atomic E-state index is 15.2. The number of halogens is 2. The maximum Gasteiger partial charge on any atom is 0.335 e. The topological polar surface area (TPSA) is 114 Å². The van der Waals surface area contributed by atoms with E-state index in [1.165, 1.54) is 35.0 Å². The molecule has 0 atom stereocenters. The van der Waals surface area contributed by atoms with Gasteiger partial charge in [-0.2, -0.15) is 0 Å². The van der Waals surface area contributed by atoms with E-state index in [0.29, 0.717) is 41.4 Å². The van der Waals surface area contributed by atoms with Crippen LogP contribution in [0.1, 0.15) is 32.6 Å². The third kappa shape index (κ3) is 6.00. The summed E-state index contributed by atoms with van der Waals surface area (Å²) in [6.07, 6.45) is 2.66. The Balaban J connectivity index is 0.00000461. The molecule has 228 valence electrons. The molecule has 0 aliphatic carbocycles. The summed E-state index contributed by atoms with van der Waals surface area (Å²) in [5, 5.41) is 3.06. The molecule has 2 heterocycles. The van der Waals surface area contributed by atoms with Crippen LogP contribution in [0.5, 0.6) is 23.0 Å². The minimum Gasteiger partial charge on any atom is -0.490 e. The molecule has 1 N–H and O–H groups in total. The second-order valence-corrected chi connectivity index (χ2v) is 9.42. The standard InChI is InChI=1S/C32H28F2N4O6.H2/c1-4-37-18-23(31(40)38(32(37)41)21-10-7-19(33)8-11-21)30(39)36-20-9-12-27(24(34)15-20)44-26-13-14-35-25-17-29(43-6-3)28(42-5-2)16-22(25)26;/h7-18H,4-6H2,1-3H3,(H,36,39);1H. The number of anilines is 1. The Morgan fingerprint density at radius 2 is 1.59 bits per heavy atom. The molecule has 1 amide bonds. The average Bonchev–Trinajstić information content (AvgIpc) is 3.00. The molecule has 0 saturated carbocycles. The van der Waals surface area contributed by atoms with Crippen molar-refractivity contribution in [3.63, 3.8) is 0 Å². The Kier molecular flexibility index (Phi) is 8.70. The van der Waals surface area contributed by atoms with Crippen LogP contribution in [0.3, 0.4) is 0 Å². The van der Waals surface area contributed by atoms with E-state index in [1.54, 1.807) is 25.1 Å². The highest BCUT2D eigenvalue weighted by Crippen LogP contribution is 2.38. The zero-order valence-electron chi connectivity index (χ0n) is 24.1. The highest BCUT2D eigenvalue weighted by molar-refractivity contribution is 6.04. The zero-order chi connectivity index (χ0) is 31.4. The second-order valence-electron chi connectivity index (χ2n) is 9.42. The van der Waals surface area contributed by atoms with Gasteiger partial charge in [-0.3, -0.25) is 19.1 Å². The number of nitrogens with zero attached hydrogens (tertiary/aromatic N) is 3. The molecule has 0 fully saturated rings. The number of aromatic nitrogens is 3. The van der Waals surface area contributed by atoms with Crippen LogP contribution in [0.25, 0.3) is 16.6 Å². The predicted molar refractivity (Wildman–Crippen MR) is 163 cm³/mol. The number of amides is 1. The molecule has 5 aromatic rings. The normalized spacial score (nSPS) is 10.9. The Bertz CT molecular complexity index is 1980. The molecule has 0 bridgehead atoms. The van der Waals surface area contributed by atoms with Crippen LogP contribution in [-0.2, 0) is 6.54 Å². The summed E-state index contributed by atoms with van der Waals surface area (Å²) >= 11 is 0. The Morgan fingerprint density at radius 1 is 0.886 bits per heavy atom. The maximum absolute atomic E-state index is 15.2. The summed E-state index contributed by atoms with van der Waals surface area (Å²) in [4.78, 5) is 43.6. The number of aryl methyl sites for hydroxylation is 1. The molecular formula is C32H30F2N4O6. The second kappa shape index (κ2) is 12.8. The van der Waals surface area contributed by atoms with Crippen LogP contribution in [0.15, 0.2) is 82.6 Å². The number of ether oxygens (including phenoxy) is 3. The van der Waals surface area contributed by atoms with E-state index >= 15 is 4.39 Å². The smallest absolute Gasteiger partial charge is 0.335 e. The molecule has 0 unspecified atom stereocenters. The Morgan fingerprint density at radius 3 is 2.25 bits per heavy atom. The van der Waals surface area contributed by atoms with Gasteiger partial charge in [-0.1, -0.05) is 0 Å². The number of carbonyl (C=O) groups is 1. The van der Waals surface area contributed by atoms with Gasteiger partial charge in [0.25, 0.3) is 11.5 Å². The van der Waals surface area contributed by atoms with Crippen molar-refractivity contribution in [3.05, 3.63) is 111 Å². The first-order valence-electron chi connectivity index (χ1n) is 13.8. The van der Waals surface area contributed by atoms with Crippen LogP contribution in [-0.4, -0.2) is 33.2 Å². The van der Waals surface area contributed by atoms with E-state index in [9.17, 15) is 18.8 Å². The first-order valence-corrected chi connectivity index (χ1v) is 13.8. The van der Waals surface area contributed by atoms with Gasteiger partial charge >= 0.3 is 5.69 Å². The number of carbonyl (C=O) groups excluding carboxylic acids is 1. The van der Waals surface area contributed by atoms with Crippen molar-refractivity contribution >= 4 is 22.5 Å². The van der Waals surface area contributed by atoms with E-state index < -0.39 is 28.8 Å². The van der Waals surface area contributed by atoms with Crippen LogP contribution in [0, 0.1) is 11.6 Å². The molecule has 0 radical (unpaired) electrons. The summed E-state index contributed by atoms with van der Waals surface area (Å²) in [7, 11) is 0. The minimum atomic E-state index is -0.910. The molecule has 5 rings (SSSR count). The zero-order valence-corrected chi connectivity index (χ0v) is 24.1. The van der Waals surface area contributed by atoms with E-state index in [1.807, 2.05) is 13.8 Å². The van der Waals surface area contributed by atoms with Gasteiger partial charge in [-0.15, -0.1) is 0 Å². The summed E-state index contributed by atoms with van der Waals surface area (Å²) in [5.41, 5.74) is -1.28. The number of benzene rings is 3. The number of pyridine rings is 1. The number of nitrogens with one attached hydrogen (secondary N) is 1. The quantitative estimate of drug-likeness (QED) is 0.210. The van der Waals surface area contributed by atoms with E-state index in [2.05, 4.69) is 10.3 Å². The van der Waals surface area contributed by atoms with E-state index in [0.717, 1.165) is 29.0 Å². The SMILES string of the molecule is CCOc1cc2nccc(Oc3ccc(NC(=O)c4cn(CC)c(=O)n(-c5ccc(F)cc5)c4=O)cc3F)c2cc1OCC.[HH]. The van der Waals surface area contributed by atoms with Gasteiger partial charge in [0.15, 0.2) is 23.1 Å². The average molecular weight is 605 g/mol. The van der Waals surface area contributed by atoms with Crippen LogP contribution in [0.2, 0.25) is 0 Å². The fourth-order valence-electron chi connectivity index (χ4n) is 4.53. The lowest BCUT2D eigenvalue weighted by Crippen LogP contribution is -2.42. The van der Waals surface area contributed by atoms with Crippen molar-refractivity contribution in [2.75, 3.05) is 18.5 Å². The summed E-state index contributed by atoms with van der Waals surface area (Å²) in [6.45, 7) is 6.36. The molecule has 0 saturated heterocycles. The van der Waals surface area contributed by atoms with Crippen molar-refractivity contribution in [3.8, 4) is 28.7 Å². The van der Waals surface area contributed by atoms with E-state index in [-0.39, 0.29) is 30.7 Å². The van der Waals surface area contributed by atoms with Gasteiger partial charge in [0, 0.05) is 43.6 Å². The minimum absolute atomic E-state index is 0. The van der Waals surface area contributed by atoms with Crippen LogP contribution >= 0.6 is 0 Å². The molecule has 0 aliphatic rings. The van der Waals surface area contributed by atoms with E-state index in [4.69, 9.17) is 14.2 Å². The molecule has 44 heavy (non-hydrogen) atoms. The Labute approximate surface area is 251 Å². The molecule has 2 aromatic heterocycles. The number of hydrogen-bond acceptors (Lipinski definition) is 7. The molecular weight excluding hydrogens is 574 g/mol. The third-order valence-corrected chi connectivity index (χ3v) is 6.60. The van der Waals surface area contributed by atoms with Gasteiger partial charge in [0.1, 0.15) is 17.1 Å².